The van der Waals surface area contributed by atoms with Crippen molar-refractivity contribution in [2.24, 2.45) is 0 Å². The van der Waals surface area contributed by atoms with Crippen LogP contribution in [0.5, 0.6) is 0 Å². The number of anilines is 1. The second-order valence-electron chi connectivity index (χ2n) is 8.86. The Morgan fingerprint density at radius 2 is 1.97 bits per heavy atom. The number of benzene rings is 1. The second kappa shape index (κ2) is 8.86. The lowest BCUT2D eigenvalue weighted by Gasteiger charge is -2.10. The minimum atomic E-state index is -3.33. The van der Waals surface area contributed by atoms with Gasteiger partial charge in [0.1, 0.15) is 0 Å². The monoisotopic (exact) mass is 483 g/mol. The van der Waals surface area contributed by atoms with E-state index in [4.69, 9.17) is 4.52 Å². The first-order valence-electron chi connectivity index (χ1n) is 10.5. The highest BCUT2D eigenvalue weighted by Crippen LogP contribution is 2.22. The molecule has 2 amide bonds. The second-order valence-corrected chi connectivity index (χ2v) is 10.9. The van der Waals surface area contributed by atoms with E-state index in [-0.39, 0.29) is 10.3 Å². The molecule has 4 rings (SSSR count). The van der Waals surface area contributed by atoms with E-state index < -0.39 is 15.9 Å². The molecule has 3 heterocycles. The molecule has 0 spiro atoms. The van der Waals surface area contributed by atoms with Crippen molar-refractivity contribution in [1.29, 1.82) is 0 Å². The maximum Gasteiger partial charge on any atom is 0.320 e. The number of hydrogen-bond acceptors (Lipinski definition) is 8. The van der Waals surface area contributed by atoms with Gasteiger partial charge in [0.2, 0.25) is 5.89 Å². The fourth-order valence-corrected chi connectivity index (χ4v) is 3.77. The molecule has 34 heavy (non-hydrogen) atoms. The van der Waals surface area contributed by atoms with Crippen molar-refractivity contribution in [1.82, 2.24) is 29.8 Å². The Morgan fingerprint density at radius 3 is 2.68 bits per heavy atom. The summed E-state index contributed by atoms with van der Waals surface area (Å²) in [5.41, 5.74) is 1.52. The fraction of sp³-hybridized carbons (Fsp3) is 0.318. The number of imidazole rings is 1. The van der Waals surface area contributed by atoms with E-state index in [0.717, 1.165) is 6.26 Å². The largest absolute Gasteiger partial charge is 0.339 e. The van der Waals surface area contributed by atoms with E-state index in [0.29, 0.717) is 47.4 Å². The van der Waals surface area contributed by atoms with Crippen molar-refractivity contribution in [2.45, 2.75) is 37.5 Å². The predicted octanol–water partition coefficient (Wildman–Crippen LogP) is 2.84. The van der Waals surface area contributed by atoms with E-state index in [1.165, 1.54) is 6.07 Å². The van der Waals surface area contributed by atoms with Crippen LogP contribution in [0.2, 0.25) is 0 Å². The first kappa shape index (κ1) is 23.4. The van der Waals surface area contributed by atoms with Crippen LogP contribution in [0.3, 0.4) is 0 Å². The fourth-order valence-electron chi connectivity index (χ4n) is 3.10. The molecule has 0 radical (unpaired) electrons. The number of carbonyl (C=O) groups is 1. The summed E-state index contributed by atoms with van der Waals surface area (Å²) < 4.78 is 30.6. The molecule has 0 atom stereocenters. The SMILES string of the molecule is CC(C)(C)c1nc(CCNC(=O)Nc2cn3cc(-c4cccc(S(C)(=O)=O)c4)ncc3n2)no1. The molecule has 0 bridgehead atoms. The Bertz CT molecular complexity index is 1450. The van der Waals surface area contributed by atoms with Crippen LogP contribution in [0, 0.1) is 0 Å². The van der Waals surface area contributed by atoms with Gasteiger partial charge in [0.25, 0.3) is 0 Å². The smallest absolute Gasteiger partial charge is 0.320 e. The summed E-state index contributed by atoms with van der Waals surface area (Å²) in [6.45, 7) is 6.27. The van der Waals surface area contributed by atoms with Crippen molar-refractivity contribution in [3.8, 4) is 11.3 Å². The lowest BCUT2D eigenvalue weighted by molar-refractivity contribution is 0.252. The lowest BCUT2D eigenvalue weighted by Crippen LogP contribution is -2.30. The molecule has 0 aliphatic rings. The van der Waals surface area contributed by atoms with Gasteiger partial charge in [0.05, 0.1) is 23.0 Å². The number of nitrogens with zero attached hydrogens (tertiary/aromatic N) is 5. The maximum atomic E-state index is 12.3. The minimum Gasteiger partial charge on any atom is -0.339 e. The molecular formula is C22H25N7O4S. The number of aromatic nitrogens is 5. The third-order valence-electron chi connectivity index (χ3n) is 4.88. The third kappa shape index (κ3) is 5.39. The van der Waals surface area contributed by atoms with Crippen molar-refractivity contribution in [2.75, 3.05) is 18.1 Å². The van der Waals surface area contributed by atoms with Crippen molar-refractivity contribution in [3.63, 3.8) is 0 Å². The van der Waals surface area contributed by atoms with E-state index in [1.807, 2.05) is 20.8 Å². The van der Waals surface area contributed by atoms with Crippen LogP contribution in [0.4, 0.5) is 10.6 Å². The molecule has 4 aromatic rings. The third-order valence-corrected chi connectivity index (χ3v) is 6.00. The highest BCUT2D eigenvalue weighted by atomic mass is 32.2. The quantitative estimate of drug-likeness (QED) is 0.426. The van der Waals surface area contributed by atoms with Gasteiger partial charge >= 0.3 is 6.03 Å². The van der Waals surface area contributed by atoms with Gasteiger partial charge in [-0.1, -0.05) is 38.1 Å². The van der Waals surface area contributed by atoms with Gasteiger partial charge in [-0.25, -0.2) is 18.2 Å². The highest BCUT2D eigenvalue weighted by Gasteiger charge is 2.21. The highest BCUT2D eigenvalue weighted by molar-refractivity contribution is 7.90. The van der Waals surface area contributed by atoms with Gasteiger partial charge in [-0.3, -0.25) is 10.3 Å². The Balaban J connectivity index is 1.39. The van der Waals surface area contributed by atoms with Crippen molar-refractivity contribution < 1.29 is 17.7 Å². The number of nitrogens with one attached hydrogen (secondary N) is 2. The number of amides is 2. The van der Waals surface area contributed by atoms with Crippen LogP contribution in [0.1, 0.15) is 32.5 Å². The summed E-state index contributed by atoms with van der Waals surface area (Å²) in [5.74, 6) is 1.42. The number of rotatable bonds is 6. The molecule has 0 aliphatic heterocycles. The first-order valence-corrected chi connectivity index (χ1v) is 12.4. The predicted molar refractivity (Wildman–Crippen MR) is 125 cm³/mol. The Kier molecular flexibility index (Phi) is 6.09. The van der Waals surface area contributed by atoms with Gasteiger partial charge in [-0.15, -0.1) is 0 Å². The molecule has 0 fully saturated rings. The minimum absolute atomic E-state index is 0.215. The van der Waals surface area contributed by atoms with E-state index in [2.05, 4.69) is 30.7 Å². The van der Waals surface area contributed by atoms with E-state index in [1.54, 1.807) is 41.2 Å². The molecule has 0 saturated carbocycles. The number of carbonyl (C=O) groups excluding carboxylic acids is 1. The van der Waals surface area contributed by atoms with Crippen LogP contribution in [0.25, 0.3) is 16.9 Å². The number of hydrogen-bond donors (Lipinski definition) is 2. The van der Waals surface area contributed by atoms with Gasteiger partial charge < -0.3 is 14.2 Å². The summed E-state index contributed by atoms with van der Waals surface area (Å²) in [5, 5.41) is 9.35. The zero-order valence-electron chi connectivity index (χ0n) is 19.2. The summed E-state index contributed by atoms with van der Waals surface area (Å²) >= 11 is 0. The van der Waals surface area contributed by atoms with Crippen molar-refractivity contribution in [3.05, 3.63) is 54.6 Å². The molecule has 1 aromatic carbocycles. The first-order chi connectivity index (χ1) is 16.0. The normalized spacial score (nSPS) is 12.1. The van der Waals surface area contributed by atoms with E-state index >= 15 is 0 Å². The number of urea groups is 1. The van der Waals surface area contributed by atoms with E-state index in [9.17, 15) is 13.2 Å². The number of sulfone groups is 1. The van der Waals surface area contributed by atoms with Gasteiger partial charge in [0, 0.05) is 36.4 Å². The molecule has 178 valence electrons. The average Bonchev–Trinajstić information content (AvgIpc) is 3.39. The van der Waals surface area contributed by atoms with Crippen LogP contribution >= 0.6 is 0 Å². The lowest BCUT2D eigenvalue weighted by atomic mass is 9.97. The molecule has 0 unspecified atom stereocenters. The van der Waals surface area contributed by atoms with Crippen LogP contribution in [-0.4, -0.2) is 51.8 Å². The number of fused-ring (bicyclic) bond motifs is 1. The van der Waals surface area contributed by atoms with Crippen LogP contribution in [-0.2, 0) is 21.7 Å². The summed E-state index contributed by atoms with van der Waals surface area (Å²) in [7, 11) is -3.33. The summed E-state index contributed by atoms with van der Waals surface area (Å²) in [6.07, 6.45) is 6.50. The zero-order valence-corrected chi connectivity index (χ0v) is 20.0. The van der Waals surface area contributed by atoms with Crippen LogP contribution < -0.4 is 10.6 Å². The molecule has 2 N–H and O–H groups in total. The van der Waals surface area contributed by atoms with Gasteiger partial charge in [-0.2, -0.15) is 4.98 Å². The van der Waals surface area contributed by atoms with Crippen LogP contribution in [0.15, 0.2) is 52.3 Å². The molecule has 11 nitrogen and oxygen atoms in total. The van der Waals surface area contributed by atoms with Crippen molar-refractivity contribution >= 4 is 27.3 Å². The Labute approximate surface area is 196 Å². The molecule has 3 aromatic heterocycles. The van der Waals surface area contributed by atoms with Gasteiger partial charge in [-0.05, 0) is 12.1 Å². The molecule has 0 saturated heterocycles. The van der Waals surface area contributed by atoms with Gasteiger partial charge in [0.15, 0.2) is 27.1 Å². The zero-order chi connectivity index (χ0) is 24.5. The topological polar surface area (TPSA) is 144 Å². The summed E-state index contributed by atoms with van der Waals surface area (Å²) in [6, 6.07) is 6.14. The Hall–Kier alpha value is -3.80. The summed E-state index contributed by atoms with van der Waals surface area (Å²) in [4.78, 5) is 25.5. The Morgan fingerprint density at radius 1 is 1.18 bits per heavy atom. The maximum absolute atomic E-state index is 12.3. The standard InChI is InChI=1S/C22H25N7O4S/c1-22(2,3)20-26-17(28-33-20)8-9-23-21(30)27-18-13-29-12-16(24-11-19(29)25-18)14-6-5-7-15(10-14)34(4,31)32/h5-7,10-13H,8-9H2,1-4H3,(H2,23,27,30). The molecule has 0 aliphatic carbocycles. The molecule has 12 heteroatoms. The molecular weight excluding hydrogens is 458 g/mol. The average molecular weight is 484 g/mol.